The number of rotatable bonds is 4. The van der Waals surface area contributed by atoms with Gasteiger partial charge in [-0.25, -0.2) is 4.98 Å². The monoisotopic (exact) mass is 394 g/mol. The molecule has 0 saturated carbocycles. The van der Waals surface area contributed by atoms with Crippen molar-refractivity contribution in [2.24, 2.45) is 0 Å². The van der Waals surface area contributed by atoms with Gasteiger partial charge >= 0.3 is 0 Å². The number of carbonyl (C=O) groups excluding carboxylic acids is 2. The average molecular weight is 395 g/mol. The van der Waals surface area contributed by atoms with Gasteiger partial charge in [-0.2, -0.15) is 0 Å². The van der Waals surface area contributed by atoms with Gasteiger partial charge in [-0.05, 0) is 43.7 Å². The summed E-state index contributed by atoms with van der Waals surface area (Å²) in [6, 6.07) is 17.0. The molecule has 0 unspecified atom stereocenters. The van der Waals surface area contributed by atoms with E-state index in [1.165, 1.54) is 4.70 Å². The van der Waals surface area contributed by atoms with Crippen LogP contribution >= 0.6 is 11.3 Å². The zero-order valence-corrected chi connectivity index (χ0v) is 16.2. The molecule has 7 heteroatoms. The Bertz CT molecular complexity index is 940. The highest BCUT2D eigenvalue weighted by molar-refractivity contribution is 7.18. The summed E-state index contributed by atoms with van der Waals surface area (Å²) in [7, 11) is 0. The Hall–Kier alpha value is -2.77. The molecule has 0 bridgehead atoms. The van der Waals surface area contributed by atoms with E-state index in [1.807, 2.05) is 24.3 Å². The molecule has 4 rings (SSSR count). The molecule has 1 saturated heterocycles. The molecule has 1 aliphatic rings. The molecule has 2 amide bonds. The number of benzene rings is 2. The van der Waals surface area contributed by atoms with Crippen molar-refractivity contribution in [1.82, 2.24) is 20.7 Å². The van der Waals surface area contributed by atoms with Gasteiger partial charge in [-0.1, -0.05) is 30.3 Å². The molecular formula is C21H22N4O2S. The highest BCUT2D eigenvalue weighted by Crippen LogP contribution is 2.32. The maximum Gasteiger partial charge on any atom is 0.269 e. The first-order valence-corrected chi connectivity index (χ1v) is 10.2. The summed E-state index contributed by atoms with van der Waals surface area (Å²) in [5.74, 6) is -0.188. The fourth-order valence-electron chi connectivity index (χ4n) is 3.50. The lowest BCUT2D eigenvalue weighted by molar-refractivity contribution is -0.123. The van der Waals surface area contributed by atoms with E-state index in [0.717, 1.165) is 36.5 Å². The first-order valence-electron chi connectivity index (χ1n) is 9.41. The summed E-state index contributed by atoms with van der Waals surface area (Å²) in [6.07, 6.45) is 2.12. The normalized spacial score (nSPS) is 17.4. The summed E-state index contributed by atoms with van der Waals surface area (Å²) in [5, 5.41) is 1.14. The quantitative estimate of drug-likeness (QED) is 0.668. The third-order valence-corrected chi connectivity index (χ3v) is 6.08. The van der Waals surface area contributed by atoms with Crippen LogP contribution < -0.4 is 10.9 Å². The Kier molecular flexibility index (Phi) is 5.64. The van der Waals surface area contributed by atoms with Gasteiger partial charge in [0.2, 0.25) is 0 Å². The van der Waals surface area contributed by atoms with Crippen LogP contribution in [0.1, 0.15) is 34.1 Å². The number of nitrogens with one attached hydrogen (secondary N) is 2. The van der Waals surface area contributed by atoms with Crippen molar-refractivity contribution >= 4 is 33.4 Å². The summed E-state index contributed by atoms with van der Waals surface area (Å²) < 4.78 is 1.20. The Labute approximate surface area is 167 Å². The lowest BCUT2D eigenvalue weighted by Crippen LogP contribution is -2.48. The third kappa shape index (κ3) is 4.37. The third-order valence-electron chi connectivity index (χ3n) is 4.88. The second kappa shape index (κ2) is 8.50. The highest BCUT2D eigenvalue weighted by Gasteiger charge is 2.25. The Morgan fingerprint density at radius 2 is 1.86 bits per heavy atom. The summed E-state index contributed by atoms with van der Waals surface area (Å²) in [5.41, 5.74) is 6.54. The molecule has 1 atom stereocenters. The van der Waals surface area contributed by atoms with Crippen molar-refractivity contribution < 1.29 is 9.59 Å². The first kappa shape index (κ1) is 18.6. The Morgan fingerprint density at radius 1 is 1.07 bits per heavy atom. The van der Waals surface area contributed by atoms with Crippen molar-refractivity contribution in [3.63, 3.8) is 0 Å². The number of hydrogen-bond acceptors (Lipinski definition) is 5. The van der Waals surface area contributed by atoms with Crippen LogP contribution in [0.15, 0.2) is 54.6 Å². The Balaban J connectivity index is 1.31. The van der Waals surface area contributed by atoms with E-state index < -0.39 is 0 Å². The summed E-state index contributed by atoms with van der Waals surface area (Å²) in [4.78, 5) is 31.2. The van der Waals surface area contributed by atoms with Gasteiger partial charge in [0.15, 0.2) is 0 Å². The van der Waals surface area contributed by atoms with Gasteiger partial charge in [0.05, 0.1) is 21.8 Å². The van der Waals surface area contributed by atoms with Crippen LogP contribution in [0.5, 0.6) is 0 Å². The van der Waals surface area contributed by atoms with Gasteiger partial charge in [0, 0.05) is 18.0 Å². The number of thiazole rings is 1. The Morgan fingerprint density at radius 3 is 2.68 bits per heavy atom. The molecule has 6 nitrogen and oxygen atoms in total. The van der Waals surface area contributed by atoms with Crippen molar-refractivity contribution in [3.8, 4) is 0 Å². The van der Waals surface area contributed by atoms with E-state index in [9.17, 15) is 9.59 Å². The molecular weight excluding hydrogens is 372 g/mol. The van der Waals surface area contributed by atoms with Crippen LogP contribution in [-0.2, 0) is 4.79 Å². The molecule has 1 aromatic heterocycles. The van der Waals surface area contributed by atoms with E-state index in [0.29, 0.717) is 11.5 Å². The zero-order chi connectivity index (χ0) is 19.3. The number of likely N-dealkylation sites (tertiary alicyclic amines) is 1. The first-order chi connectivity index (χ1) is 13.7. The van der Waals surface area contributed by atoms with E-state index >= 15 is 0 Å². The van der Waals surface area contributed by atoms with Crippen molar-refractivity contribution in [2.75, 3.05) is 19.6 Å². The van der Waals surface area contributed by atoms with Crippen LogP contribution in [-0.4, -0.2) is 41.3 Å². The molecule has 2 heterocycles. The number of amides is 2. The van der Waals surface area contributed by atoms with E-state index in [4.69, 9.17) is 4.98 Å². The predicted octanol–water partition coefficient (Wildman–Crippen LogP) is 2.94. The zero-order valence-electron chi connectivity index (χ0n) is 15.4. The lowest BCUT2D eigenvalue weighted by atomic mass is 9.99. The average Bonchev–Trinajstić information content (AvgIpc) is 3.17. The maximum absolute atomic E-state index is 12.3. The molecule has 0 radical (unpaired) electrons. The maximum atomic E-state index is 12.3. The number of para-hydroxylation sites is 1. The summed E-state index contributed by atoms with van der Waals surface area (Å²) >= 11 is 1.74. The predicted molar refractivity (Wildman–Crippen MR) is 110 cm³/mol. The molecule has 28 heavy (non-hydrogen) atoms. The molecule has 2 N–H and O–H groups in total. The van der Waals surface area contributed by atoms with Gasteiger partial charge in [0.1, 0.15) is 0 Å². The van der Waals surface area contributed by atoms with Crippen LogP contribution in [0, 0.1) is 0 Å². The molecule has 1 aliphatic heterocycles. The molecule has 2 aromatic carbocycles. The number of aromatic nitrogens is 1. The van der Waals surface area contributed by atoms with E-state index in [2.05, 4.69) is 21.8 Å². The summed E-state index contributed by atoms with van der Waals surface area (Å²) in [6.45, 7) is 1.94. The number of carbonyl (C=O) groups is 2. The van der Waals surface area contributed by atoms with Crippen molar-refractivity contribution in [1.29, 1.82) is 0 Å². The number of nitrogens with zero attached hydrogens (tertiary/aromatic N) is 2. The van der Waals surface area contributed by atoms with E-state index in [-0.39, 0.29) is 18.4 Å². The second-order valence-electron chi connectivity index (χ2n) is 6.96. The second-order valence-corrected chi connectivity index (χ2v) is 8.02. The fourth-order valence-corrected chi connectivity index (χ4v) is 4.59. The van der Waals surface area contributed by atoms with Gasteiger partial charge in [0.25, 0.3) is 11.8 Å². The molecule has 0 spiro atoms. The van der Waals surface area contributed by atoms with Gasteiger partial charge < -0.3 is 0 Å². The minimum atomic E-state index is -0.319. The minimum absolute atomic E-state index is 0.214. The SMILES string of the molecule is O=C(CN1CCC[C@@H](c2nc3ccccc3s2)C1)NNC(=O)c1ccccc1. The highest BCUT2D eigenvalue weighted by atomic mass is 32.1. The molecule has 0 aliphatic carbocycles. The van der Waals surface area contributed by atoms with Crippen molar-refractivity contribution in [3.05, 3.63) is 65.2 Å². The van der Waals surface area contributed by atoms with Crippen LogP contribution in [0.25, 0.3) is 10.2 Å². The number of piperidine rings is 1. The molecule has 3 aromatic rings. The standard InChI is InChI=1S/C21H22N4O2S/c26-19(23-24-20(27)15-7-2-1-3-8-15)14-25-12-6-9-16(13-25)21-22-17-10-4-5-11-18(17)28-21/h1-5,7-8,10-11,16H,6,9,12-14H2,(H,23,26)(H,24,27)/t16-/m1/s1. The largest absolute Gasteiger partial charge is 0.294 e. The topological polar surface area (TPSA) is 74.3 Å². The molecule has 144 valence electrons. The van der Waals surface area contributed by atoms with Crippen molar-refractivity contribution in [2.45, 2.75) is 18.8 Å². The van der Waals surface area contributed by atoms with Crippen LogP contribution in [0.2, 0.25) is 0 Å². The van der Waals surface area contributed by atoms with Gasteiger partial charge in [-0.15, -0.1) is 11.3 Å². The molecule has 1 fully saturated rings. The minimum Gasteiger partial charge on any atom is -0.294 e. The lowest BCUT2D eigenvalue weighted by Gasteiger charge is -2.31. The fraction of sp³-hybridized carbons (Fsp3) is 0.286. The number of hydrogen-bond donors (Lipinski definition) is 2. The number of fused-ring (bicyclic) bond motifs is 1. The smallest absolute Gasteiger partial charge is 0.269 e. The van der Waals surface area contributed by atoms with E-state index in [1.54, 1.807) is 35.6 Å². The van der Waals surface area contributed by atoms with Gasteiger partial charge in [-0.3, -0.25) is 25.3 Å². The van der Waals surface area contributed by atoms with Crippen LogP contribution in [0.3, 0.4) is 0 Å². The van der Waals surface area contributed by atoms with Crippen LogP contribution in [0.4, 0.5) is 0 Å². The number of hydrazine groups is 1.